The minimum Gasteiger partial charge on any atom is -0.379 e. The number of aromatic amines is 1. The summed E-state index contributed by atoms with van der Waals surface area (Å²) in [6, 6.07) is 60.1. The number of H-pyrrole nitrogens is 1. The van der Waals surface area contributed by atoms with Gasteiger partial charge in [-0.15, -0.1) is 10.2 Å². The monoisotopic (exact) mass is 1650 g/mol. The third kappa shape index (κ3) is 30.8. The van der Waals surface area contributed by atoms with Crippen molar-refractivity contribution in [2.75, 3.05) is 123 Å². The maximum absolute atomic E-state index is 12.3. The average Bonchev–Trinajstić information content (AvgIpc) is 1.83. The Morgan fingerprint density at radius 2 is 0.694 bits per heavy atom. The molecule has 7 aromatic carbocycles. The van der Waals surface area contributed by atoms with Crippen LogP contribution < -0.4 is 10.2 Å². The van der Waals surface area contributed by atoms with Gasteiger partial charge in [0, 0.05) is 133 Å². The van der Waals surface area contributed by atoms with E-state index in [1.54, 1.807) is 12.5 Å². The number of amides is 4. The number of benzene rings is 7. The molecule has 2 N–H and O–H groups in total. The largest absolute Gasteiger partial charge is 0.379 e. The van der Waals surface area contributed by atoms with E-state index in [1.165, 1.54) is 82.3 Å². The highest BCUT2D eigenvalue weighted by Gasteiger charge is 2.27. The molecule has 658 valence electrons. The van der Waals surface area contributed by atoms with Crippen LogP contribution in [0.25, 0.3) is 11.4 Å². The molecular formula is C104H151N11O6. The predicted molar refractivity (Wildman–Crippen MR) is 501 cm³/mol. The lowest BCUT2D eigenvalue weighted by Crippen LogP contribution is -2.48. The summed E-state index contributed by atoms with van der Waals surface area (Å²) in [5.41, 5.74) is 18.2. The zero-order valence-electron chi connectivity index (χ0n) is 78.5. The van der Waals surface area contributed by atoms with Crippen molar-refractivity contribution < 1.29 is 28.7 Å². The van der Waals surface area contributed by atoms with Crippen molar-refractivity contribution in [3.05, 3.63) is 237 Å². The Morgan fingerprint density at radius 1 is 0.364 bits per heavy atom. The molecule has 6 heterocycles. The van der Waals surface area contributed by atoms with E-state index in [1.807, 2.05) is 80.3 Å². The van der Waals surface area contributed by atoms with Crippen LogP contribution in [-0.4, -0.2) is 187 Å². The second kappa shape index (κ2) is 44.5. The zero-order chi connectivity index (χ0) is 88.5. The van der Waals surface area contributed by atoms with E-state index < -0.39 is 0 Å². The second-order valence-electron chi connectivity index (χ2n) is 40.7. The fraction of sp³-hybridized carbons (Fsp3) is 0.548. The highest BCUT2D eigenvalue weighted by atomic mass is 16.5. The molecule has 0 spiro atoms. The lowest BCUT2D eigenvalue weighted by atomic mass is 9.81. The molecular weight excluding hydrogens is 1500 g/mol. The van der Waals surface area contributed by atoms with Gasteiger partial charge in [0.05, 0.1) is 26.4 Å². The van der Waals surface area contributed by atoms with Gasteiger partial charge < -0.3 is 39.3 Å². The number of nitrogens with zero attached hydrogens (tertiary/aromatic N) is 9. The molecule has 1 saturated carbocycles. The van der Waals surface area contributed by atoms with E-state index in [9.17, 15) is 19.2 Å². The molecule has 1 unspecified atom stereocenters. The Hall–Kier alpha value is -8.87. The summed E-state index contributed by atoms with van der Waals surface area (Å²) < 4.78 is 10.7. The van der Waals surface area contributed by atoms with E-state index >= 15 is 0 Å². The van der Waals surface area contributed by atoms with Crippen LogP contribution in [0.4, 0.5) is 5.69 Å². The minimum absolute atomic E-state index is 0.110. The minimum atomic E-state index is 0.110. The van der Waals surface area contributed by atoms with E-state index in [2.05, 4.69) is 297 Å². The summed E-state index contributed by atoms with van der Waals surface area (Å²) in [6.45, 7) is 65.7. The van der Waals surface area contributed by atoms with Crippen LogP contribution in [0, 0.1) is 0 Å². The molecule has 1 aliphatic carbocycles. The number of carbonyl (C=O) groups excluding carboxylic acids is 4. The van der Waals surface area contributed by atoms with Crippen LogP contribution in [0.3, 0.4) is 0 Å². The molecule has 5 aliphatic heterocycles. The Bertz CT molecular complexity index is 4300. The smallest absolute Gasteiger partial charge is 0.254 e. The Kier molecular flexibility index (Phi) is 35.8. The second-order valence-corrected chi connectivity index (χ2v) is 40.7. The topological polar surface area (TPSA) is 173 Å². The number of hydrogen-bond acceptors (Lipinski definition) is 12. The van der Waals surface area contributed by atoms with Gasteiger partial charge >= 0.3 is 0 Å². The van der Waals surface area contributed by atoms with Crippen molar-refractivity contribution in [2.45, 2.75) is 254 Å². The molecule has 0 bridgehead atoms. The van der Waals surface area contributed by atoms with E-state index in [0.29, 0.717) is 38.2 Å². The van der Waals surface area contributed by atoms with Crippen LogP contribution in [0.2, 0.25) is 0 Å². The lowest BCUT2D eigenvalue weighted by Gasteiger charge is -2.35. The first kappa shape index (κ1) is 97.6. The summed E-state index contributed by atoms with van der Waals surface area (Å²) in [5.74, 6) is 2.10. The molecule has 121 heavy (non-hydrogen) atoms. The fourth-order valence-electron chi connectivity index (χ4n) is 15.4. The number of ether oxygens (including phenoxy) is 2. The normalized spacial score (nSPS) is 16.7. The number of tetrazole rings is 1. The number of morpholine rings is 2. The molecule has 4 amide bonds. The van der Waals surface area contributed by atoms with Crippen molar-refractivity contribution >= 4 is 29.3 Å². The first-order valence-electron chi connectivity index (χ1n) is 44.9. The van der Waals surface area contributed by atoms with E-state index in [-0.39, 0.29) is 61.5 Å². The third-order valence-electron chi connectivity index (χ3n) is 24.0. The van der Waals surface area contributed by atoms with Gasteiger partial charge in [-0.3, -0.25) is 24.1 Å². The highest BCUT2D eigenvalue weighted by Crippen LogP contribution is 2.36. The maximum Gasteiger partial charge on any atom is 0.254 e. The van der Waals surface area contributed by atoms with Crippen molar-refractivity contribution in [2.24, 2.45) is 0 Å². The average molecular weight is 1650 g/mol. The first-order valence-corrected chi connectivity index (χ1v) is 44.9. The SMILES string of the molecule is CC(=O)N1CCN(c2ccc(C(C)(C)C)cc2)CC1.CC(C)(C)c1ccc(-c2nn[nH]n2)cc1.CC(C)(C)c1ccc(C(=O)N2CCCC2)cc1.CC(C)(C)c1ccc(C(=O)N2CCNCC2)cc1.CC(C)(C)c1ccc(C(=O)N2CCOCC2)cc1.CC(C)(C)c1ccc(C2CCCCC2)cc1.CC(c1ccc(C(C)(C)C)cc1)N1CCOCC1. The van der Waals surface area contributed by atoms with E-state index in [0.717, 1.165) is 133 Å². The van der Waals surface area contributed by atoms with Crippen LogP contribution >= 0.6 is 0 Å². The third-order valence-corrected chi connectivity index (χ3v) is 24.0. The molecule has 14 rings (SSSR count). The Morgan fingerprint density at radius 3 is 1.05 bits per heavy atom. The van der Waals surface area contributed by atoms with Crippen molar-refractivity contribution in [3.63, 3.8) is 0 Å². The standard InChI is InChI=1S/C16H24N2O.C16H25NO.C16H24.C15H22N2O.C15H21NO2.C15H21NO.C11H14N4/c1-13(19)17-9-11-18(12-10-17)15-7-5-14(6-8-15)16(2,3)4;1-13(17-9-11-18-12-10-17)14-5-7-15(8-6-14)16(2,3)4;1-16(2,3)15-11-9-14(10-12-15)13-7-5-4-6-8-13;1-15(2,3)13-6-4-12(5-7-13)14(18)17-10-8-16-9-11-17;1-15(2,3)13-6-4-12(5-7-13)14(17)16-8-10-18-11-9-16;1-15(2,3)13-8-6-12(7-9-13)14(17)16-10-4-5-11-16;1-11(2,3)9-6-4-8(5-7-9)10-12-14-15-13-10/h5-8H,9-12H2,1-4H3;5-8,13H,9-12H2,1-4H3;9-13H,4-8H2,1-3H3;4-7,16H,8-11H2,1-3H3;4-7H,8-11H2,1-3H3;6-9H,4-5,10-11H2,1-3H3;4-7H,1-3H3,(H,12,13,14,15). The van der Waals surface area contributed by atoms with Gasteiger partial charge in [0.2, 0.25) is 11.7 Å². The van der Waals surface area contributed by atoms with E-state index in [4.69, 9.17) is 9.47 Å². The van der Waals surface area contributed by atoms with Gasteiger partial charge in [-0.2, -0.15) is 5.21 Å². The molecule has 6 fully saturated rings. The predicted octanol–water partition coefficient (Wildman–Crippen LogP) is 20.9. The number of piperazine rings is 2. The Labute approximate surface area is 729 Å². The van der Waals surface area contributed by atoms with Crippen molar-refractivity contribution in [1.82, 2.24) is 50.4 Å². The molecule has 17 nitrogen and oxygen atoms in total. The number of likely N-dealkylation sites (tertiary alicyclic amines) is 1. The Balaban J connectivity index is 0.000000176. The fourth-order valence-corrected chi connectivity index (χ4v) is 15.4. The summed E-state index contributed by atoms with van der Waals surface area (Å²) in [6.07, 6.45) is 9.37. The summed E-state index contributed by atoms with van der Waals surface area (Å²) >= 11 is 0. The highest BCUT2D eigenvalue weighted by molar-refractivity contribution is 5.95. The van der Waals surface area contributed by atoms with Crippen LogP contribution in [-0.2, 0) is 52.2 Å². The van der Waals surface area contributed by atoms with Gasteiger partial charge in [0.25, 0.3) is 17.7 Å². The number of aromatic nitrogens is 4. The quantitative estimate of drug-likeness (QED) is 0.148. The number of rotatable bonds is 8. The molecule has 6 aliphatic rings. The number of anilines is 1. The van der Waals surface area contributed by atoms with Crippen LogP contribution in [0.15, 0.2) is 170 Å². The lowest BCUT2D eigenvalue weighted by molar-refractivity contribution is -0.129. The molecule has 0 radical (unpaired) electrons. The van der Waals surface area contributed by atoms with Gasteiger partial charge in [0.15, 0.2) is 0 Å². The molecule has 5 saturated heterocycles. The summed E-state index contributed by atoms with van der Waals surface area (Å²) in [7, 11) is 0. The van der Waals surface area contributed by atoms with Gasteiger partial charge in [-0.05, 0) is 180 Å². The summed E-state index contributed by atoms with van der Waals surface area (Å²) in [4.78, 5) is 60.4. The van der Waals surface area contributed by atoms with Gasteiger partial charge in [-0.25, -0.2) is 0 Å². The first-order chi connectivity index (χ1) is 56.9. The number of hydrogen-bond donors (Lipinski definition) is 2. The number of carbonyl (C=O) groups is 4. The maximum atomic E-state index is 12.3. The van der Waals surface area contributed by atoms with Crippen LogP contribution in [0.1, 0.15) is 297 Å². The molecule has 8 aromatic rings. The molecule has 1 aromatic heterocycles. The molecule has 1 atom stereocenters. The summed E-state index contributed by atoms with van der Waals surface area (Å²) in [5, 5.41) is 17.1. The zero-order valence-corrected chi connectivity index (χ0v) is 78.5. The van der Waals surface area contributed by atoms with Gasteiger partial charge in [0.1, 0.15) is 0 Å². The van der Waals surface area contributed by atoms with Crippen molar-refractivity contribution in [3.8, 4) is 11.4 Å². The van der Waals surface area contributed by atoms with Gasteiger partial charge in [-0.1, -0.05) is 286 Å². The van der Waals surface area contributed by atoms with Crippen LogP contribution in [0.5, 0.6) is 0 Å². The molecule has 17 heteroatoms. The number of nitrogens with one attached hydrogen (secondary N) is 2. The van der Waals surface area contributed by atoms with Crippen molar-refractivity contribution in [1.29, 1.82) is 0 Å².